The molecule has 0 saturated carbocycles. The third-order valence-electron chi connectivity index (χ3n) is 3.11. The number of nitrogens with zero attached hydrogens (tertiary/aromatic N) is 1. The number of rotatable bonds is 8. The van der Waals surface area contributed by atoms with Crippen LogP contribution in [0.5, 0.6) is 0 Å². The van der Waals surface area contributed by atoms with E-state index in [2.05, 4.69) is 5.32 Å². The lowest BCUT2D eigenvalue weighted by Gasteiger charge is -2.20. The number of hydrogen-bond donors (Lipinski definition) is 1. The molecule has 1 atom stereocenters. The van der Waals surface area contributed by atoms with Crippen molar-refractivity contribution in [3.63, 3.8) is 0 Å². The van der Waals surface area contributed by atoms with Crippen LogP contribution in [-0.4, -0.2) is 44.2 Å². The number of hydrogen-bond acceptors (Lipinski definition) is 5. The van der Waals surface area contributed by atoms with Crippen LogP contribution in [0.25, 0.3) is 0 Å². The number of nitrogens with one attached hydrogen (secondary N) is 1. The number of likely N-dealkylation sites (N-methyl/N-ethyl adjacent to an activating group) is 2. The summed E-state index contributed by atoms with van der Waals surface area (Å²) in [6.07, 6.45) is 0.526. The van der Waals surface area contributed by atoms with Crippen LogP contribution in [0.3, 0.4) is 0 Å². The van der Waals surface area contributed by atoms with Crippen LogP contribution >= 0.6 is 0 Å². The summed E-state index contributed by atoms with van der Waals surface area (Å²) in [7, 11) is 4.61. The van der Waals surface area contributed by atoms with Gasteiger partial charge >= 0.3 is 5.97 Å². The lowest BCUT2D eigenvalue weighted by Crippen LogP contribution is -2.43. The van der Waals surface area contributed by atoms with Crippen molar-refractivity contribution < 1.29 is 19.2 Å². The quantitative estimate of drug-likeness (QED) is 0.575. The Morgan fingerprint density at radius 3 is 2.52 bits per heavy atom. The molecule has 116 valence electrons. The summed E-state index contributed by atoms with van der Waals surface area (Å²) in [6, 6.07) is 8.99. The Bertz CT molecular complexity index is 450. The van der Waals surface area contributed by atoms with Gasteiger partial charge in [0.1, 0.15) is 6.61 Å². The Labute approximate surface area is 125 Å². The molecule has 6 heteroatoms. The molecule has 0 spiro atoms. The number of benzene rings is 1. The largest absolute Gasteiger partial charge is 0.461 e. The van der Waals surface area contributed by atoms with Crippen LogP contribution < -0.4 is 5.32 Å². The summed E-state index contributed by atoms with van der Waals surface area (Å²) in [6.45, 7) is 0.246. The number of hydroxylamine groups is 2. The molecule has 1 aromatic rings. The van der Waals surface area contributed by atoms with E-state index in [-0.39, 0.29) is 24.9 Å². The molecule has 1 amide bonds. The van der Waals surface area contributed by atoms with Crippen LogP contribution in [0, 0.1) is 0 Å². The van der Waals surface area contributed by atoms with Crippen molar-refractivity contribution in [2.45, 2.75) is 25.5 Å². The van der Waals surface area contributed by atoms with Crippen LogP contribution in [0.2, 0.25) is 0 Å². The molecule has 0 saturated heterocycles. The first-order valence-corrected chi connectivity index (χ1v) is 6.77. The molecule has 0 aromatic heterocycles. The first-order valence-electron chi connectivity index (χ1n) is 6.77. The van der Waals surface area contributed by atoms with E-state index in [1.54, 1.807) is 7.05 Å². The molecule has 0 aliphatic heterocycles. The van der Waals surface area contributed by atoms with Crippen molar-refractivity contribution in [2.75, 3.05) is 21.2 Å². The minimum atomic E-state index is -0.473. The van der Waals surface area contributed by atoms with Gasteiger partial charge in [-0.2, -0.15) is 0 Å². The van der Waals surface area contributed by atoms with Crippen molar-refractivity contribution in [1.82, 2.24) is 10.4 Å². The van der Waals surface area contributed by atoms with Crippen molar-refractivity contribution >= 4 is 11.9 Å². The van der Waals surface area contributed by atoms with E-state index in [9.17, 15) is 9.59 Å². The molecule has 21 heavy (non-hydrogen) atoms. The summed E-state index contributed by atoms with van der Waals surface area (Å²) in [4.78, 5) is 28.4. The molecule has 1 aromatic carbocycles. The predicted octanol–water partition coefficient (Wildman–Crippen LogP) is 1.12. The average molecular weight is 294 g/mol. The van der Waals surface area contributed by atoms with E-state index in [1.165, 1.54) is 14.2 Å². The second-order valence-corrected chi connectivity index (χ2v) is 4.54. The maximum atomic E-state index is 11.9. The molecule has 1 unspecified atom stereocenters. The first kappa shape index (κ1) is 17.1. The van der Waals surface area contributed by atoms with E-state index in [0.717, 1.165) is 10.6 Å². The zero-order valence-corrected chi connectivity index (χ0v) is 12.7. The SMILES string of the molecule is CNC(CCC(=O)OCc1ccccc1)C(=O)N(C)OC. The van der Waals surface area contributed by atoms with Gasteiger partial charge in [-0.15, -0.1) is 0 Å². The Hall–Kier alpha value is -1.92. The highest BCUT2D eigenvalue weighted by atomic mass is 16.7. The maximum Gasteiger partial charge on any atom is 0.306 e. The molecule has 0 heterocycles. The van der Waals surface area contributed by atoms with Crippen molar-refractivity contribution in [1.29, 1.82) is 0 Å². The predicted molar refractivity (Wildman–Crippen MR) is 78.1 cm³/mol. The second kappa shape index (κ2) is 9.10. The van der Waals surface area contributed by atoms with E-state index in [1.807, 2.05) is 30.3 Å². The van der Waals surface area contributed by atoms with E-state index in [4.69, 9.17) is 9.57 Å². The summed E-state index contributed by atoms with van der Waals surface area (Å²) in [5.41, 5.74) is 0.936. The Morgan fingerprint density at radius 1 is 1.29 bits per heavy atom. The summed E-state index contributed by atoms with van der Waals surface area (Å²) in [5.74, 6) is -0.553. The van der Waals surface area contributed by atoms with Gasteiger partial charge in [-0.1, -0.05) is 30.3 Å². The van der Waals surface area contributed by atoms with Gasteiger partial charge in [-0.3, -0.25) is 14.4 Å². The van der Waals surface area contributed by atoms with Crippen LogP contribution in [0.1, 0.15) is 18.4 Å². The van der Waals surface area contributed by atoms with Gasteiger partial charge in [0.15, 0.2) is 0 Å². The standard InChI is InChI=1S/C15H22N2O4/c1-16-13(15(19)17(2)20-3)9-10-14(18)21-11-12-7-5-4-6-8-12/h4-8,13,16H,9-11H2,1-3H3. The lowest BCUT2D eigenvalue weighted by atomic mass is 10.1. The summed E-state index contributed by atoms with van der Waals surface area (Å²) < 4.78 is 5.17. The monoisotopic (exact) mass is 294 g/mol. The number of carbonyl (C=O) groups is 2. The normalized spacial score (nSPS) is 11.8. The Morgan fingerprint density at radius 2 is 1.95 bits per heavy atom. The molecule has 1 rings (SSSR count). The van der Waals surface area contributed by atoms with Gasteiger partial charge in [0.2, 0.25) is 0 Å². The Balaban J connectivity index is 2.35. The molecular formula is C15H22N2O4. The number of esters is 1. The average Bonchev–Trinajstić information content (AvgIpc) is 2.53. The molecule has 0 bridgehead atoms. The zero-order valence-electron chi connectivity index (χ0n) is 12.7. The molecule has 0 radical (unpaired) electrons. The minimum Gasteiger partial charge on any atom is -0.461 e. The number of carbonyl (C=O) groups excluding carboxylic acids is 2. The van der Waals surface area contributed by atoms with E-state index in [0.29, 0.717) is 6.42 Å². The fourth-order valence-electron chi connectivity index (χ4n) is 1.77. The van der Waals surface area contributed by atoms with Crippen LogP contribution in [0.15, 0.2) is 30.3 Å². The fraction of sp³-hybridized carbons (Fsp3) is 0.467. The van der Waals surface area contributed by atoms with Crippen LogP contribution in [-0.2, 0) is 25.8 Å². The van der Waals surface area contributed by atoms with E-state index >= 15 is 0 Å². The van der Waals surface area contributed by atoms with Gasteiger partial charge in [-0.25, -0.2) is 5.06 Å². The van der Waals surface area contributed by atoms with Gasteiger partial charge in [0.25, 0.3) is 5.91 Å². The van der Waals surface area contributed by atoms with Gasteiger partial charge in [0.05, 0.1) is 13.2 Å². The van der Waals surface area contributed by atoms with Gasteiger partial charge < -0.3 is 10.1 Å². The highest BCUT2D eigenvalue weighted by Crippen LogP contribution is 2.06. The van der Waals surface area contributed by atoms with Crippen molar-refractivity contribution in [3.05, 3.63) is 35.9 Å². The smallest absolute Gasteiger partial charge is 0.306 e. The molecule has 6 nitrogen and oxygen atoms in total. The van der Waals surface area contributed by atoms with Crippen molar-refractivity contribution in [3.8, 4) is 0 Å². The molecule has 0 aliphatic rings. The molecule has 0 aliphatic carbocycles. The lowest BCUT2D eigenvalue weighted by molar-refractivity contribution is -0.171. The van der Waals surface area contributed by atoms with Crippen molar-refractivity contribution in [2.24, 2.45) is 0 Å². The first-order chi connectivity index (χ1) is 10.1. The highest BCUT2D eigenvalue weighted by Gasteiger charge is 2.21. The maximum absolute atomic E-state index is 11.9. The Kier molecular flexibility index (Phi) is 7.42. The van der Waals surface area contributed by atoms with Gasteiger partial charge in [-0.05, 0) is 19.0 Å². The zero-order chi connectivity index (χ0) is 15.7. The third-order valence-corrected chi connectivity index (χ3v) is 3.11. The highest BCUT2D eigenvalue weighted by molar-refractivity contribution is 5.81. The number of amides is 1. The summed E-state index contributed by atoms with van der Waals surface area (Å²) in [5, 5.41) is 4.00. The second-order valence-electron chi connectivity index (χ2n) is 4.54. The number of ether oxygens (including phenoxy) is 1. The fourth-order valence-corrected chi connectivity index (χ4v) is 1.77. The molecule has 1 N–H and O–H groups in total. The minimum absolute atomic E-state index is 0.168. The van der Waals surface area contributed by atoms with Gasteiger partial charge in [0, 0.05) is 13.5 Å². The van der Waals surface area contributed by atoms with Crippen LogP contribution in [0.4, 0.5) is 0 Å². The van der Waals surface area contributed by atoms with E-state index < -0.39 is 6.04 Å². The topological polar surface area (TPSA) is 67.9 Å². The summed E-state index contributed by atoms with van der Waals surface area (Å²) >= 11 is 0. The molecular weight excluding hydrogens is 272 g/mol. The molecule has 0 fully saturated rings. The third kappa shape index (κ3) is 5.93.